The molecule has 3 aromatic rings. The minimum Gasteiger partial charge on any atom is -0.493 e. The van der Waals surface area contributed by atoms with Crippen molar-refractivity contribution in [3.05, 3.63) is 52.3 Å². The summed E-state index contributed by atoms with van der Waals surface area (Å²) in [5.41, 5.74) is -0.328. The molecule has 0 radical (unpaired) electrons. The number of likely N-dealkylation sites (tertiary alicyclic amines) is 1. The fraction of sp³-hybridized carbons (Fsp3) is 0.263. The van der Waals surface area contributed by atoms with Crippen molar-refractivity contribution in [1.29, 1.82) is 5.26 Å². The third kappa shape index (κ3) is 2.24. The van der Waals surface area contributed by atoms with Crippen molar-refractivity contribution in [2.24, 2.45) is 0 Å². The number of nitrogens with zero attached hydrogens (tertiary/aromatic N) is 5. The van der Waals surface area contributed by atoms with Crippen molar-refractivity contribution in [2.45, 2.75) is 24.7 Å². The number of fused-ring (bicyclic) bond motifs is 6. The highest BCUT2D eigenvalue weighted by molar-refractivity contribution is 5.93. The van der Waals surface area contributed by atoms with Crippen molar-refractivity contribution in [1.82, 2.24) is 19.0 Å². The van der Waals surface area contributed by atoms with Crippen LogP contribution in [0.15, 0.2) is 35.3 Å². The number of alkyl halides is 3. The molecule has 2 aliphatic heterocycles. The van der Waals surface area contributed by atoms with Gasteiger partial charge in [-0.1, -0.05) is 24.3 Å². The van der Waals surface area contributed by atoms with E-state index in [1.807, 2.05) is 6.07 Å². The van der Waals surface area contributed by atoms with Crippen molar-refractivity contribution < 1.29 is 23.1 Å². The molecule has 152 valence electrons. The maximum Gasteiger partial charge on any atom is 0.471 e. The van der Waals surface area contributed by atoms with Crippen molar-refractivity contribution >= 4 is 16.7 Å². The fourth-order valence-electron chi connectivity index (χ4n) is 4.50. The van der Waals surface area contributed by atoms with Gasteiger partial charge in [0, 0.05) is 17.3 Å². The Bertz CT molecular complexity index is 1330. The van der Waals surface area contributed by atoms with Gasteiger partial charge in [0.25, 0.3) is 0 Å². The molecule has 4 heterocycles. The van der Waals surface area contributed by atoms with Gasteiger partial charge in [-0.15, -0.1) is 0 Å². The molecule has 8 nitrogen and oxygen atoms in total. The second-order valence-electron chi connectivity index (χ2n) is 7.21. The topological polar surface area (TPSA) is 104 Å². The van der Waals surface area contributed by atoms with Gasteiger partial charge in [-0.05, 0) is 6.42 Å². The molecule has 11 heteroatoms. The van der Waals surface area contributed by atoms with Gasteiger partial charge in [0.15, 0.2) is 0 Å². The van der Waals surface area contributed by atoms with Gasteiger partial charge >= 0.3 is 17.8 Å². The van der Waals surface area contributed by atoms with E-state index in [0.29, 0.717) is 15.7 Å². The molecule has 1 amide bonds. The minimum absolute atomic E-state index is 0.0257. The van der Waals surface area contributed by atoms with Gasteiger partial charge in [0.2, 0.25) is 5.88 Å². The average molecular weight is 415 g/mol. The monoisotopic (exact) mass is 415 g/mol. The van der Waals surface area contributed by atoms with E-state index < -0.39 is 35.7 Å². The molecule has 0 saturated carbocycles. The lowest BCUT2D eigenvalue weighted by molar-refractivity contribution is -0.187. The van der Waals surface area contributed by atoms with Crippen molar-refractivity contribution in [2.75, 3.05) is 6.54 Å². The van der Waals surface area contributed by atoms with Crippen molar-refractivity contribution in [3.8, 4) is 17.6 Å². The molecule has 2 aromatic heterocycles. The van der Waals surface area contributed by atoms with Crippen LogP contribution in [0.1, 0.15) is 29.9 Å². The molecule has 2 atom stereocenters. The molecular formula is C19H12F3N5O3. The Hall–Kier alpha value is -3.81. The molecule has 5 rings (SSSR count). The summed E-state index contributed by atoms with van der Waals surface area (Å²) in [6.45, 7) is -0.258. The number of carbonyl (C=O) groups is 1. The first kappa shape index (κ1) is 18.2. The number of rotatable bonds is 1. The first-order valence-corrected chi connectivity index (χ1v) is 8.96. The van der Waals surface area contributed by atoms with Crippen LogP contribution in [-0.4, -0.2) is 42.8 Å². The molecule has 0 spiro atoms. The number of carbonyl (C=O) groups excluding carboxylic acids is 1. The summed E-state index contributed by atoms with van der Waals surface area (Å²) in [6, 6.07) is 6.92. The summed E-state index contributed by atoms with van der Waals surface area (Å²) in [5.74, 6) is -2.53. The van der Waals surface area contributed by atoms with Crippen LogP contribution in [-0.2, 0) is 4.79 Å². The standard InChI is InChI=1S/C19H12F3N5O3/c20-19(21,22)17(29)25-8-9-5-13(25)15-16(28)27(18(30)26(9)15)14-7-24-12(6-23)10-3-1-2-4-11(10)14/h1-4,7,9,13,28H,5,8H2/t9-,13?/m1/s1. The number of hydrogen-bond donors (Lipinski definition) is 1. The Morgan fingerprint density at radius 3 is 2.63 bits per heavy atom. The van der Waals surface area contributed by atoms with E-state index >= 15 is 0 Å². The smallest absolute Gasteiger partial charge is 0.471 e. The summed E-state index contributed by atoms with van der Waals surface area (Å²) in [7, 11) is 0. The van der Waals surface area contributed by atoms with E-state index in [9.17, 15) is 33.1 Å². The number of aromatic nitrogens is 3. The SMILES string of the molecule is N#Cc1ncc(-n2c(O)c3n(c2=O)[C@@H]2CC3N(C(=O)C(F)(F)F)C2)c2ccccc12. The molecular weight excluding hydrogens is 403 g/mol. The van der Waals surface area contributed by atoms with Crippen LogP contribution in [0.2, 0.25) is 0 Å². The highest BCUT2D eigenvalue weighted by Gasteiger charge is 2.54. The van der Waals surface area contributed by atoms with E-state index in [1.54, 1.807) is 24.3 Å². The van der Waals surface area contributed by atoms with Crippen LogP contribution >= 0.6 is 0 Å². The van der Waals surface area contributed by atoms with Gasteiger partial charge < -0.3 is 10.0 Å². The number of pyridine rings is 1. The predicted molar refractivity (Wildman–Crippen MR) is 95.9 cm³/mol. The number of imidazole rings is 1. The van der Waals surface area contributed by atoms with E-state index in [1.165, 1.54) is 10.8 Å². The molecule has 1 fully saturated rings. The summed E-state index contributed by atoms with van der Waals surface area (Å²) in [5, 5.41) is 21.0. The molecule has 2 bridgehead atoms. The third-order valence-electron chi connectivity index (χ3n) is 5.68. The van der Waals surface area contributed by atoms with E-state index in [4.69, 9.17) is 0 Å². The summed E-state index contributed by atoms with van der Waals surface area (Å²) in [4.78, 5) is 29.6. The molecule has 0 aliphatic carbocycles. The zero-order chi connectivity index (χ0) is 21.4. The first-order chi connectivity index (χ1) is 14.2. The van der Waals surface area contributed by atoms with Gasteiger partial charge in [0.05, 0.1) is 24.0 Å². The zero-order valence-corrected chi connectivity index (χ0v) is 15.1. The molecule has 30 heavy (non-hydrogen) atoms. The largest absolute Gasteiger partial charge is 0.493 e. The second kappa shape index (κ2) is 5.85. The fourth-order valence-corrected chi connectivity index (χ4v) is 4.50. The normalized spacial score (nSPS) is 19.9. The van der Waals surface area contributed by atoms with Gasteiger partial charge in [0.1, 0.15) is 17.5 Å². The minimum atomic E-state index is -5.04. The number of benzene rings is 1. The number of hydrogen-bond acceptors (Lipinski definition) is 5. The lowest BCUT2D eigenvalue weighted by atomic mass is 10.1. The lowest BCUT2D eigenvalue weighted by Crippen LogP contribution is -2.44. The van der Waals surface area contributed by atoms with Gasteiger partial charge in [-0.25, -0.2) is 14.3 Å². The van der Waals surface area contributed by atoms with Crippen LogP contribution in [0.5, 0.6) is 5.88 Å². The number of amides is 1. The van der Waals surface area contributed by atoms with E-state index in [2.05, 4.69) is 4.98 Å². The first-order valence-electron chi connectivity index (χ1n) is 8.96. The second-order valence-corrected chi connectivity index (χ2v) is 7.21. The van der Waals surface area contributed by atoms with Gasteiger partial charge in [-0.3, -0.25) is 9.36 Å². The summed E-state index contributed by atoms with van der Waals surface area (Å²) in [6.07, 6.45) is -3.65. The van der Waals surface area contributed by atoms with Gasteiger partial charge in [-0.2, -0.15) is 18.4 Å². The number of aromatic hydroxyl groups is 1. The zero-order valence-electron chi connectivity index (χ0n) is 15.1. The molecule has 1 saturated heterocycles. The third-order valence-corrected chi connectivity index (χ3v) is 5.68. The van der Waals surface area contributed by atoms with E-state index in [-0.39, 0.29) is 30.0 Å². The number of halogens is 3. The lowest BCUT2D eigenvalue weighted by Gasteiger charge is -2.28. The van der Waals surface area contributed by atoms with Crippen molar-refractivity contribution in [3.63, 3.8) is 0 Å². The van der Waals surface area contributed by atoms with E-state index in [0.717, 1.165) is 4.57 Å². The Morgan fingerprint density at radius 1 is 1.27 bits per heavy atom. The molecule has 2 aliphatic rings. The summed E-state index contributed by atoms with van der Waals surface area (Å²) >= 11 is 0. The summed E-state index contributed by atoms with van der Waals surface area (Å²) < 4.78 is 41.0. The van der Waals surface area contributed by atoms with Crippen LogP contribution in [0, 0.1) is 11.3 Å². The Kier molecular flexibility index (Phi) is 3.56. The van der Waals surface area contributed by atoms with Crippen LogP contribution < -0.4 is 5.69 Å². The van der Waals surface area contributed by atoms with Crippen LogP contribution in [0.25, 0.3) is 16.5 Å². The van der Waals surface area contributed by atoms with Crippen LogP contribution in [0.4, 0.5) is 13.2 Å². The molecule has 1 aromatic carbocycles. The molecule has 1 N–H and O–H groups in total. The number of nitriles is 1. The average Bonchev–Trinajstić information content (AvgIpc) is 3.37. The predicted octanol–water partition coefficient (Wildman–Crippen LogP) is 2.15. The van der Waals surface area contributed by atoms with Crippen LogP contribution in [0.3, 0.4) is 0 Å². The Balaban J connectivity index is 1.70. The highest BCUT2D eigenvalue weighted by Crippen LogP contribution is 2.49. The maximum atomic E-state index is 13.1. The highest BCUT2D eigenvalue weighted by atomic mass is 19.4. The quantitative estimate of drug-likeness (QED) is 0.656. The maximum absolute atomic E-state index is 13.1. The Labute approximate surface area is 166 Å². The Morgan fingerprint density at radius 2 is 1.97 bits per heavy atom. The molecule has 1 unspecified atom stereocenters.